The lowest BCUT2D eigenvalue weighted by atomic mass is 10.1. The summed E-state index contributed by atoms with van der Waals surface area (Å²) in [5.74, 6) is 0.118. The van der Waals surface area contributed by atoms with E-state index in [1.807, 2.05) is 42.5 Å². The number of nitrogens with two attached hydrogens (primary N) is 1. The van der Waals surface area contributed by atoms with E-state index in [1.165, 1.54) is 0 Å². The summed E-state index contributed by atoms with van der Waals surface area (Å²) in [6.45, 7) is 0. The van der Waals surface area contributed by atoms with Crippen LogP contribution in [0.2, 0.25) is 0 Å². The van der Waals surface area contributed by atoms with Crippen molar-refractivity contribution in [1.82, 2.24) is 0 Å². The van der Waals surface area contributed by atoms with E-state index in [4.69, 9.17) is 11.1 Å². The third-order valence-electron chi connectivity index (χ3n) is 2.64. The van der Waals surface area contributed by atoms with Crippen LogP contribution < -0.4 is 16.4 Å². The van der Waals surface area contributed by atoms with Crippen LogP contribution in [-0.4, -0.2) is 11.9 Å². The Kier molecular flexibility index (Phi) is 4.34. The van der Waals surface area contributed by atoms with E-state index >= 15 is 0 Å². The van der Waals surface area contributed by atoms with Crippen molar-refractivity contribution in [3.05, 3.63) is 60.2 Å². The lowest BCUT2D eigenvalue weighted by Crippen LogP contribution is -2.19. The molecular weight excluding hydrogens is 252 g/mol. The second-order valence-electron chi connectivity index (χ2n) is 4.34. The molecule has 0 saturated carbocycles. The molecule has 5 nitrogen and oxygen atoms in total. The fourth-order valence-electron chi connectivity index (χ4n) is 1.74. The van der Waals surface area contributed by atoms with Gasteiger partial charge in [-0.2, -0.15) is 0 Å². The fraction of sp³-hybridized carbons (Fsp3) is 0.0667. The van der Waals surface area contributed by atoms with Crippen molar-refractivity contribution >= 4 is 23.2 Å². The fourth-order valence-corrected chi connectivity index (χ4v) is 1.74. The topological polar surface area (TPSA) is 91.0 Å². The Morgan fingerprint density at radius 2 is 1.50 bits per heavy atom. The first kappa shape index (κ1) is 13.6. The maximum Gasteiger partial charge on any atom is 0.323 e. The number of amidine groups is 1. The van der Waals surface area contributed by atoms with E-state index in [2.05, 4.69) is 10.6 Å². The quantitative estimate of drug-likeness (QED) is 0.507. The van der Waals surface area contributed by atoms with Gasteiger partial charge in [0.1, 0.15) is 0 Å². The van der Waals surface area contributed by atoms with E-state index in [1.54, 1.807) is 12.1 Å². The first-order valence-corrected chi connectivity index (χ1v) is 6.18. The van der Waals surface area contributed by atoms with Crippen molar-refractivity contribution in [2.24, 2.45) is 5.73 Å². The minimum Gasteiger partial charge on any atom is -0.387 e. The molecule has 2 rings (SSSR count). The summed E-state index contributed by atoms with van der Waals surface area (Å²) in [7, 11) is 0. The molecule has 0 aromatic heterocycles. The van der Waals surface area contributed by atoms with Gasteiger partial charge in [0.2, 0.25) is 0 Å². The van der Waals surface area contributed by atoms with Crippen molar-refractivity contribution in [2.75, 3.05) is 10.6 Å². The second kappa shape index (κ2) is 6.38. The average Bonchev–Trinajstić information content (AvgIpc) is 2.41. The van der Waals surface area contributed by atoms with Crippen LogP contribution in [0.3, 0.4) is 0 Å². The molecule has 2 amide bonds. The van der Waals surface area contributed by atoms with Crippen LogP contribution in [0.1, 0.15) is 5.56 Å². The zero-order valence-corrected chi connectivity index (χ0v) is 10.9. The predicted octanol–water partition coefficient (Wildman–Crippen LogP) is 2.81. The Morgan fingerprint density at radius 3 is 2.05 bits per heavy atom. The van der Waals surface area contributed by atoms with Gasteiger partial charge in [0, 0.05) is 17.8 Å². The van der Waals surface area contributed by atoms with Crippen LogP contribution in [0, 0.1) is 5.41 Å². The second-order valence-corrected chi connectivity index (χ2v) is 4.34. The van der Waals surface area contributed by atoms with Crippen molar-refractivity contribution in [3.8, 4) is 0 Å². The van der Waals surface area contributed by atoms with E-state index in [0.29, 0.717) is 12.1 Å². The Morgan fingerprint density at radius 1 is 0.950 bits per heavy atom. The summed E-state index contributed by atoms with van der Waals surface area (Å²) in [6.07, 6.45) is 0.413. The highest BCUT2D eigenvalue weighted by Crippen LogP contribution is 2.11. The first-order chi connectivity index (χ1) is 9.63. The SMILES string of the molecule is N=C(N)Cc1ccc(NC(=O)Nc2ccccc2)cc1. The van der Waals surface area contributed by atoms with Crippen LogP contribution in [0.15, 0.2) is 54.6 Å². The van der Waals surface area contributed by atoms with Crippen LogP contribution in [0.5, 0.6) is 0 Å². The third kappa shape index (κ3) is 4.13. The van der Waals surface area contributed by atoms with Crippen LogP contribution in [0.4, 0.5) is 16.2 Å². The number of benzene rings is 2. The highest BCUT2D eigenvalue weighted by Gasteiger charge is 2.02. The number of amides is 2. The Hall–Kier alpha value is -2.82. The normalized spacial score (nSPS) is 9.80. The van der Waals surface area contributed by atoms with Gasteiger partial charge in [0.25, 0.3) is 0 Å². The van der Waals surface area contributed by atoms with E-state index in [9.17, 15) is 4.79 Å². The van der Waals surface area contributed by atoms with Gasteiger partial charge in [-0.05, 0) is 29.8 Å². The van der Waals surface area contributed by atoms with Crippen molar-refractivity contribution < 1.29 is 4.79 Å². The Bertz CT molecular complexity index is 593. The maximum absolute atomic E-state index is 11.8. The predicted molar refractivity (Wildman–Crippen MR) is 81.1 cm³/mol. The van der Waals surface area contributed by atoms with Crippen LogP contribution >= 0.6 is 0 Å². The smallest absolute Gasteiger partial charge is 0.323 e. The lowest BCUT2D eigenvalue weighted by molar-refractivity contribution is 0.262. The number of nitrogens with one attached hydrogen (secondary N) is 3. The number of anilines is 2. The standard InChI is InChI=1S/C15H16N4O/c16-14(17)10-11-6-8-13(9-7-11)19-15(20)18-12-4-2-1-3-5-12/h1-9H,10H2,(H3,16,17)(H2,18,19,20). The lowest BCUT2D eigenvalue weighted by Gasteiger charge is -2.08. The molecule has 0 saturated heterocycles. The monoisotopic (exact) mass is 268 g/mol. The minimum absolute atomic E-state index is 0.118. The minimum atomic E-state index is -0.296. The largest absolute Gasteiger partial charge is 0.387 e. The molecule has 20 heavy (non-hydrogen) atoms. The molecule has 0 aliphatic carbocycles. The highest BCUT2D eigenvalue weighted by atomic mass is 16.2. The van der Waals surface area contributed by atoms with Gasteiger partial charge in [-0.15, -0.1) is 0 Å². The molecule has 0 radical (unpaired) electrons. The molecule has 2 aromatic carbocycles. The molecule has 2 aromatic rings. The number of rotatable bonds is 4. The average molecular weight is 268 g/mol. The molecule has 0 aliphatic heterocycles. The van der Waals surface area contributed by atoms with Gasteiger partial charge in [-0.3, -0.25) is 5.41 Å². The van der Waals surface area contributed by atoms with Crippen molar-refractivity contribution in [3.63, 3.8) is 0 Å². The van der Waals surface area contributed by atoms with Gasteiger partial charge >= 0.3 is 6.03 Å². The molecule has 0 unspecified atom stereocenters. The van der Waals surface area contributed by atoms with E-state index in [-0.39, 0.29) is 11.9 Å². The van der Waals surface area contributed by atoms with Gasteiger partial charge in [-0.1, -0.05) is 30.3 Å². The molecule has 5 heteroatoms. The summed E-state index contributed by atoms with van der Waals surface area (Å²) >= 11 is 0. The molecule has 5 N–H and O–H groups in total. The van der Waals surface area contributed by atoms with Crippen LogP contribution in [0.25, 0.3) is 0 Å². The Balaban J connectivity index is 1.93. The Labute approximate surface area is 117 Å². The van der Waals surface area contributed by atoms with Crippen molar-refractivity contribution in [2.45, 2.75) is 6.42 Å². The van der Waals surface area contributed by atoms with Crippen molar-refractivity contribution in [1.29, 1.82) is 5.41 Å². The summed E-state index contributed by atoms with van der Waals surface area (Å²) in [4.78, 5) is 11.8. The van der Waals surface area contributed by atoms with Gasteiger partial charge in [0.05, 0.1) is 5.84 Å². The molecule has 0 atom stereocenters. The highest BCUT2D eigenvalue weighted by molar-refractivity contribution is 5.99. The molecule has 102 valence electrons. The zero-order valence-electron chi connectivity index (χ0n) is 10.9. The summed E-state index contributed by atoms with van der Waals surface area (Å²) in [5.41, 5.74) is 7.69. The van der Waals surface area contributed by atoms with Crippen LogP contribution in [-0.2, 0) is 6.42 Å². The molecule has 0 spiro atoms. The number of hydrogen-bond acceptors (Lipinski definition) is 2. The first-order valence-electron chi connectivity index (χ1n) is 6.18. The summed E-state index contributed by atoms with van der Waals surface area (Å²) < 4.78 is 0. The van der Waals surface area contributed by atoms with Gasteiger partial charge in [-0.25, -0.2) is 4.79 Å². The molecule has 0 fully saturated rings. The van der Waals surface area contributed by atoms with Gasteiger partial charge in [0.15, 0.2) is 0 Å². The van der Waals surface area contributed by atoms with E-state index < -0.39 is 0 Å². The number of carbonyl (C=O) groups is 1. The number of urea groups is 1. The third-order valence-corrected chi connectivity index (χ3v) is 2.64. The number of carbonyl (C=O) groups excluding carboxylic acids is 1. The summed E-state index contributed by atoms with van der Waals surface area (Å²) in [6, 6.07) is 16.2. The maximum atomic E-state index is 11.8. The molecular formula is C15H16N4O. The number of hydrogen-bond donors (Lipinski definition) is 4. The number of para-hydroxylation sites is 1. The van der Waals surface area contributed by atoms with E-state index in [0.717, 1.165) is 11.3 Å². The molecule has 0 aliphatic rings. The summed E-state index contributed by atoms with van der Waals surface area (Å²) in [5, 5.41) is 12.7. The zero-order chi connectivity index (χ0) is 14.4. The molecule has 0 heterocycles. The molecule has 0 bridgehead atoms. The van der Waals surface area contributed by atoms with Gasteiger partial charge < -0.3 is 16.4 Å².